The first-order chi connectivity index (χ1) is 13.0. The van der Waals surface area contributed by atoms with Crippen LogP contribution in [0.4, 0.5) is 11.4 Å². The van der Waals surface area contributed by atoms with Gasteiger partial charge in [-0.25, -0.2) is 4.98 Å². The molecular formula is C20H20N6O. The lowest BCUT2D eigenvalue weighted by Crippen LogP contribution is -2.05. The summed E-state index contributed by atoms with van der Waals surface area (Å²) in [5.41, 5.74) is 17.5. The van der Waals surface area contributed by atoms with Crippen molar-refractivity contribution < 1.29 is 4.42 Å². The lowest BCUT2D eigenvalue weighted by Gasteiger charge is -2.05. The maximum absolute atomic E-state index is 8.76. The largest absolute Gasteiger partial charge is 0.442 e. The van der Waals surface area contributed by atoms with E-state index in [1.54, 1.807) is 24.4 Å². The zero-order valence-corrected chi connectivity index (χ0v) is 15.0. The van der Waals surface area contributed by atoms with E-state index in [1.807, 2.05) is 6.92 Å². The summed E-state index contributed by atoms with van der Waals surface area (Å²) in [7, 11) is 0. The standard InChI is InChI=1S/C10H10N4O.C10H10N2/c11-6-1-2-8(12)7(3-6)10(13)9-4-14-5-15-9;1-7-8(5-11)6-12-10-4-2-3-9(7)10/h1-5,13H,11-12H2;6H,2-4H2,1H3. The summed E-state index contributed by atoms with van der Waals surface area (Å²) in [4.78, 5) is 8.01. The summed E-state index contributed by atoms with van der Waals surface area (Å²) in [6.45, 7) is 2.02. The molecule has 0 spiro atoms. The molecule has 1 aromatic carbocycles. The van der Waals surface area contributed by atoms with Crippen molar-refractivity contribution in [3.63, 3.8) is 0 Å². The van der Waals surface area contributed by atoms with Crippen LogP contribution in [0.15, 0.2) is 41.4 Å². The van der Waals surface area contributed by atoms with E-state index in [2.05, 4.69) is 16.0 Å². The van der Waals surface area contributed by atoms with E-state index in [9.17, 15) is 0 Å². The van der Waals surface area contributed by atoms with E-state index >= 15 is 0 Å². The number of hydrogen-bond donors (Lipinski definition) is 3. The highest BCUT2D eigenvalue weighted by Gasteiger charge is 2.16. The van der Waals surface area contributed by atoms with Crippen molar-refractivity contribution in [2.75, 3.05) is 11.5 Å². The highest BCUT2D eigenvalue weighted by atomic mass is 16.3. The second kappa shape index (κ2) is 7.70. The van der Waals surface area contributed by atoms with E-state index in [-0.39, 0.29) is 5.71 Å². The molecule has 0 radical (unpaired) electrons. The minimum atomic E-state index is 0.178. The Bertz CT molecular complexity index is 1020. The van der Waals surface area contributed by atoms with Gasteiger partial charge in [0.2, 0.25) is 0 Å². The van der Waals surface area contributed by atoms with Gasteiger partial charge in [0, 0.05) is 28.8 Å². The van der Waals surface area contributed by atoms with Crippen LogP contribution in [-0.4, -0.2) is 15.7 Å². The minimum absolute atomic E-state index is 0.178. The lowest BCUT2D eigenvalue weighted by molar-refractivity contribution is 0.548. The topological polar surface area (TPSA) is 139 Å². The molecule has 0 bridgehead atoms. The predicted octanol–water partition coefficient (Wildman–Crippen LogP) is 3.01. The maximum atomic E-state index is 8.76. The number of anilines is 2. The third-order valence-corrected chi connectivity index (χ3v) is 4.54. The number of rotatable bonds is 2. The second-order valence-corrected chi connectivity index (χ2v) is 6.27. The molecular weight excluding hydrogens is 340 g/mol. The number of aromatic nitrogens is 2. The molecule has 0 saturated heterocycles. The van der Waals surface area contributed by atoms with Crippen LogP contribution in [0.3, 0.4) is 0 Å². The Labute approximate surface area is 157 Å². The van der Waals surface area contributed by atoms with E-state index in [1.165, 1.54) is 30.3 Å². The number of nitrogens with one attached hydrogen (secondary N) is 1. The van der Waals surface area contributed by atoms with Crippen LogP contribution in [0.1, 0.15) is 40.1 Å². The Morgan fingerprint density at radius 2 is 2.07 bits per heavy atom. The number of nitrogens with two attached hydrogens (primary N) is 2. The zero-order valence-electron chi connectivity index (χ0n) is 15.0. The van der Waals surface area contributed by atoms with Gasteiger partial charge in [-0.1, -0.05) is 0 Å². The fourth-order valence-electron chi connectivity index (χ4n) is 3.05. The highest BCUT2D eigenvalue weighted by molar-refractivity contribution is 6.12. The Balaban J connectivity index is 0.000000159. The van der Waals surface area contributed by atoms with Gasteiger partial charge in [-0.05, 0) is 55.5 Å². The molecule has 7 heteroatoms. The molecule has 4 rings (SSSR count). The molecule has 7 nitrogen and oxygen atoms in total. The molecule has 1 aliphatic rings. The van der Waals surface area contributed by atoms with E-state index in [0.29, 0.717) is 22.7 Å². The van der Waals surface area contributed by atoms with Crippen molar-refractivity contribution in [2.24, 2.45) is 0 Å². The molecule has 0 amide bonds. The summed E-state index contributed by atoms with van der Waals surface area (Å²) < 4.78 is 5.01. The third kappa shape index (κ3) is 3.80. The van der Waals surface area contributed by atoms with Crippen LogP contribution in [0.2, 0.25) is 0 Å². The average Bonchev–Trinajstić information content (AvgIpc) is 3.36. The van der Waals surface area contributed by atoms with Gasteiger partial charge in [-0.2, -0.15) is 5.26 Å². The molecule has 0 unspecified atom stereocenters. The van der Waals surface area contributed by atoms with Crippen molar-refractivity contribution in [1.29, 1.82) is 10.7 Å². The van der Waals surface area contributed by atoms with Crippen LogP contribution in [0.5, 0.6) is 0 Å². The van der Waals surface area contributed by atoms with Gasteiger partial charge in [0.05, 0.1) is 11.8 Å². The molecule has 0 fully saturated rings. The van der Waals surface area contributed by atoms with Gasteiger partial charge in [-0.15, -0.1) is 0 Å². The van der Waals surface area contributed by atoms with Crippen molar-refractivity contribution in [1.82, 2.24) is 9.97 Å². The number of fused-ring (bicyclic) bond motifs is 1. The minimum Gasteiger partial charge on any atom is -0.442 e. The number of nitrogen functional groups attached to an aromatic ring is 2. The third-order valence-electron chi connectivity index (χ3n) is 4.54. The molecule has 2 heterocycles. The molecule has 0 atom stereocenters. The summed E-state index contributed by atoms with van der Waals surface area (Å²) >= 11 is 0. The first kappa shape index (κ1) is 18.1. The van der Waals surface area contributed by atoms with E-state index in [4.69, 9.17) is 26.6 Å². The number of nitriles is 1. The number of pyridine rings is 1. The Kier molecular flexibility index (Phi) is 5.18. The molecule has 136 valence electrons. The normalized spacial score (nSPS) is 11.9. The van der Waals surface area contributed by atoms with E-state index < -0.39 is 0 Å². The summed E-state index contributed by atoms with van der Waals surface area (Å²) in [6, 6.07) is 7.15. The number of nitrogens with zero attached hydrogens (tertiary/aromatic N) is 3. The number of hydrogen-bond acceptors (Lipinski definition) is 7. The van der Waals surface area contributed by atoms with Gasteiger partial charge >= 0.3 is 0 Å². The van der Waals surface area contributed by atoms with Crippen molar-refractivity contribution in [3.05, 3.63) is 70.7 Å². The number of oxazole rings is 1. The monoisotopic (exact) mass is 360 g/mol. The first-order valence-electron chi connectivity index (χ1n) is 8.51. The molecule has 0 aliphatic heterocycles. The SMILES string of the molecule is Cc1c(C#N)cnc2c1CCC2.N=C(c1cnco1)c1cc(N)ccc1N. The number of aryl methyl sites for hydroxylation is 1. The fraction of sp³-hybridized carbons (Fsp3) is 0.200. The molecule has 1 aliphatic carbocycles. The highest BCUT2D eigenvalue weighted by Crippen LogP contribution is 2.24. The Morgan fingerprint density at radius 3 is 2.78 bits per heavy atom. The van der Waals surface area contributed by atoms with Crippen LogP contribution >= 0.6 is 0 Å². The molecule has 27 heavy (non-hydrogen) atoms. The second-order valence-electron chi connectivity index (χ2n) is 6.27. The van der Waals surface area contributed by atoms with Crippen LogP contribution in [0.25, 0.3) is 0 Å². The Hall–Kier alpha value is -3.66. The van der Waals surface area contributed by atoms with Gasteiger partial charge in [0.1, 0.15) is 11.8 Å². The van der Waals surface area contributed by atoms with Gasteiger partial charge in [0.15, 0.2) is 12.2 Å². The molecule has 3 aromatic rings. The van der Waals surface area contributed by atoms with Gasteiger partial charge in [0.25, 0.3) is 0 Å². The van der Waals surface area contributed by atoms with E-state index in [0.717, 1.165) is 24.0 Å². The summed E-state index contributed by atoms with van der Waals surface area (Å²) in [5.74, 6) is 0.368. The van der Waals surface area contributed by atoms with Crippen LogP contribution in [-0.2, 0) is 12.8 Å². The summed E-state index contributed by atoms with van der Waals surface area (Å²) in [6.07, 6.45) is 7.81. The summed E-state index contributed by atoms with van der Waals surface area (Å²) in [5, 5.41) is 16.6. The lowest BCUT2D eigenvalue weighted by atomic mass is 10.1. The zero-order chi connectivity index (χ0) is 19.4. The van der Waals surface area contributed by atoms with Crippen LogP contribution < -0.4 is 11.5 Å². The van der Waals surface area contributed by atoms with Gasteiger partial charge in [-0.3, -0.25) is 10.4 Å². The smallest absolute Gasteiger partial charge is 0.181 e. The predicted molar refractivity (Wildman–Crippen MR) is 103 cm³/mol. The maximum Gasteiger partial charge on any atom is 0.181 e. The van der Waals surface area contributed by atoms with Crippen molar-refractivity contribution in [3.8, 4) is 6.07 Å². The molecule has 2 aromatic heterocycles. The Morgan fingerprint density at radius 1 is 1.26 bits per heavy atom. The van der Waals surface area contributed by atoms with Gasteiger partial charge < -0.3 is 15.9 Å². The molecule has 0 saturated carbocycles. The molecule has 5 N–H and O–H groups in total. The first-order valence-corrected chi connectivity index (χ1v) is 8.51. The van der Waals surface area contributed by atoms with Crippen LogP contribution in [0, 0.1) is 23.7 Å². The number of benzene rings is 1. The average molecular weight is 360 g/mol. The fourth-order valence-corrected chi connectivity index (χ4v) is 3.05. The van der Waals surface area contributed by atoms with Crippen molar-refractivity contribution >= 4 is 17.1 Å². The quantitative estimate of drug-likeness (QED) is 0.474. The van der Waals surface area contributed by atoms with Crippen molar-refractivity contribution in [2.45, 2.75) is 26.2 Å².